The first-order valence-electron chi connectivity index (χ1n) is 5.04. The largest absolute Gasteiger partial charge is 0.493 e. The van der Waals surface area contributed by atoms with E-state index in [-0.39, 0.29) is 5.91 Å². The minimum atomic E-state index is -0.000218. The van der Waals surface area contributed by atoms with Gasteiger partial charge in [0.25, 0.3) is 0 Å². The Kier molecular flexibility index (Phi) is 4.16. The Morgan fingerprint density at radius 1 is 1.40 bits per heavy atom. The summed E-state index contributed by atoms with van der Waals surface area (Å²) in [6, 6.07) is 6.01. The van der Waals surface area contributed by atoms with Crippen LogP contribution in [0.4, 0.5) is 0 Å². The molecule has 3 heteroatoms. The molecule has 0 heterocycles. The van der Waals surface area contributed by atoms with Crippen molar-refractivity contribution in [3.63, 3.8) is 0 Å². The van der Waals surface area contributed by atoms with Gasteiger partial charge in [-0.2, -0.15) is 0 Å². The molecule has 0 fully saturated rings. The Morgan fingerprint density at radius 3 is 2.73 bits per heavy atom. The molecule has 0 bridgehead atoms. The zero-order valence-corrected chi connectivity index (χ0v) is 9.46. The van der Waals surface area contributed by atoms with Gasteiger partial charge in [0.1, 0.15) is 5.75 Å². The summed E-state index contributed by atoms with van der Waals surface area (Å²) >= 11 is 0. The van der Waals surface area contributed by atoms with Crippen LogP contribution in [0, 0.1) is 13.8 Å². The second kappa shape index (κ2) is 5.39. The fourth-order valence-corrected chi connectivity index (χ4v) is 1.34. The molecular weight excluding hydrogens is 190 g/mol. The molecule has 0 saturated heterocycles. The number of hydrogen-bond donors (Lipinski definition) is 1. The highest BCUT2D eigenvalue weighted by Gasteiger charge is 2.01. The Hall–Kier alpha value is -1.51. The number of ether oxygens (including phenoxy) is 1. The third kappa shape index (κ3) is 3.62. The Balaban J connectivity index is 2.47. The van der Waals surface area contributed by atoms with Crippen molar-refractivity contribution in [1.29, 1.82) is 0 Å². The predicted molar refractivity (Wildman–Crippen MR) is 60.1 cm³/mol. The van der Waals surface area contributed by atoms with Crippen LogP contribution in [0.3, 0.4) is 0 Å². The van der Waals surface area contributed by atoms with Crippen molar-refractivity contribution in [1.82, 2.24) is 5.32 Å². The third-order valence-corrected chi connectivity index (χ3v) is 2.20. The van der Waals surface area contributed by atoms with Crippen LogP contribution in [0.25, 0.3) is 0 Å². The van der Waals surface area contributed by atoms with Crippen LogP contribution >= 0.6 is 0 Å². The second-order valence-corrected chi connectivity index (χ2v) is 3.54. The summed E-state index contributed by atoms with van der Waals surface area (Å²) in [6.45, 7) is 4.47. The van der Waals surface area contributed by atoms with Gasteiger partial charge in [-0.25, -0.2) is 0 Å². The number of carbonyl (C=O) groups excluding carboxylic acids is 1. The van der Waals surface area contributed by atoms with E-state index in [9.17, 15) is 4.79 Å². The number of benzene rings is 1. The molecule has 0 aromatic heterocycles. The summed E-state index contributed by atoms with van der Waals surface area (Å²) < 4.78 is 5.50. The molecule has 1 aromatic carbocycles. The van der Waals surface area contributed by atoms with E-state index in [1.54, 1.807) is 7.05 Å². The molecule has 1 N–H and O–H groups in total. The molecule has 0 spiro atoms. The molecule has 1 amide bonds. The number of nitrogens with one attached hydrogen (secondary N) is 1. The van der Waals surface area contributed by atoms with Crippen LogP contribution in [0.15, 0.2) is 18.2 Å². The highest BCUT2D eigenvalue weighted by Crippen LogP contribution is 2.18. The van der Waals surface area contributed by atoms with Crippen molar-refractivity contribution in [3.8, 4) is 5.75 Å². The van der Waals surface area contributed by atoms with Gasteiger partial charge in [-0.1, -0.05) is 17.7 Å². The summed E-state index contributed by atoms with van der Waals surface area (Å²) in [5, 5.41) is 2.56. The van der Waals surface area contributed by atoms with Crippen LogP contribution < -0.4 is 10.1 Å². The normalized spacial score (nSPS) is 9.80. The monoisotopic (exact) mass is 207 g/mol. The summed E-state index contributed by atoms with van der Waals surface area (Å²) in [5.41, 5.74) is 2.32. The van der Waals surface area contributed by atoms with Gasteiger partial charge in [0.05, 0.1) is 13.0 Å². The van der Waals surface area contributed by atoms with Crippen LogP contribution in [0.5, 0.6) is 5.75 Å². The first kappa shape index (κ1) is 11.6. The Bertz CT molecular complexity index is 347. The highest BCUT2D eigenvalue weighted by molar-refractivity contribution is 5.75. The van der Waals surface area contributed by atoms with E-state index < -0.39 is 0 Å². The number of aryl methyl sites for hydroxylation is 2. The van der Waals surface area contributed by atoms with E-state index in [0.29, 0.717) is 13.0 Å². The molecule has 0 aliphatic rings. The Labute approximate surface area is 90.4 Å². The minimum Gasteiger partial charge on any atom is -0.493 e. The van der Waals surface area contributed by atoms with E-state index in [1.807, 2.05) is 26.0 Å². The van der Waals surface area contributed by atoms with E-state index in [1.165, 1.54) is 5.56 Å². The summed E-state index contributed by atoms with van der Waals surface area (Å²) in [4.78, 5) is 10.9. The molecule has 0 unspecified atom stereocenters. The van der Waals surface area contributed by atoms with Crippen molar-refractivity contribution >= 4 is 5.91 Å². The van der Waals surface area contributed by atoms with Gasteiger partial charge in [-0.05, 0) is 25.5 Å². The number of amides is 1. The van der Waals surface area contributed by atoms with Gasteiger partial charge >= 0.3 is 0 Å². The number of carbonyl (C=O) groups is 1. The molecule has 3 nitrogen and oxygen atoms in total. The maximum absolute atomic E-state index is 10.9. The van der Waals surface area contributed by atoms with Crippen LogP contribution in [-0.2, 0) is 4.79 Å². The number of hydrogen-bond acceptors (Lipinski definition) is 2. The molecule has 0 saturated carbocycles. The van der Waals surface area contributed by atoms with Gasteiger partial charge in [-0.15, -0.1) is 0 Å². The molecule has 15 heavy (non-hydrogen) atoms. The molecule has 0 aliphatic heterocycles. The summed E-state index contributed by atoms with van der Waals surface area (Å²) in [5.74, 6) is 0.851. The molecule has 0 radical (unpaired) electrons. The van der Waals surface area contributed by atoms with E-state index in [4.69, 9.17) is 4.74 Å². The first-order chi connectivity index (χ1) is 7.13. The average molecular weight is 207 g/mol. The smallest absolute Gasteiger partial charge is 0.223 e. The lowest BCUT2D eigenvalue weighted by Crippen LogP contribution is -2.20. The van der Waals surface area contributed by atoms with Crippen LogP contribution in [-0.4, -0.2) is 19.6 Å². The topological polar surface area (TPSA) is 38.3 Å². The lowest BCUT2D eigenvalue weighted by Gasteiger charge is -2.09. The minimum absolute atomic E-state index is 0.000218. The highest BCUT2D eigenvalue weighted by atomic mass is 16.5. The quantitative estimate of drug-likeness (QED) is 0.817. The predicted octanol–water partition coefficient (Wildman–Crippen LogP) is 1.82. The molecular formula is C12H17NO2. The van der Waals surface area contributed by atoms with Crippen molar-refractivity contribution < 1.29 is 9.53 Å². The van der Waals surface area contributed by atoms with E-state index >= 15 is 0 Å². The van der Waals surface area contributed by atoms with E-state index in [2.05, 4.69) is 11.4 Å². The zero-order chi connectivity index (χ0) is 11.3. The van der Waals surface area contributed by atoms with Crippen molar-refractivity contribution in [2.24, 2.45) is 0 Å². The van der Waals surface area contributed by atoms with Gasteiger partial charge in [0.2, 0.25) is 5.91 Å². The molecule has 1 rings (SSSR count). The summed E-state index contributed by atoms with van der Waals surface area (Å²) in [6.07, 6.45) is 0.393. The maximum Gasteiger partial charge on any atom is 0.223 e. The standard InChI is InChI=1S/C12H17NO2/c1-9-4-5-11(10(2)8-9)15-7-6-12(14)13-3/h4-5,8H,6-7H2,1-3H3,(H,13,14). The lowest BCUT2D eigenvalue weighted by molar-refractivity contribution is -0.121. The molecule has 0 atom stereocenters. The second-order valence-electron chi connectivity index (χ2n) is 3.54. The maximum atomic E-state index is 10.9. The number of rotatable bonds is 4. The van der Waals surface area contributed by atoms with Crippen LogP contribution in [0.2, 0.25) is 0 Å². The van der Waals surface area contributed by atoms with Gasteiger partial charge in [-0.3, -0.25) is 4.79 Å². The first-order valence-corrected chi connectivity index (χ1v) is 5.04. The molecule has 82 valence electrons. The Morgan fingerprint density at radius 2 is 2.13 bits per heavy atom. The SMILES string of the molecule is CNC(=O)CCOc1ccc(C)cc1C. The van der Waals surface area contributed by atoms with Crippen molar-refractivity contribution in [2.75, 3.05) is 13.7 Å². The van der Waals surface area contributed by atoms with E-state index in [0.717, 1.165) is 11.3 Å². The van der Waals surface area contributed by atoms with Crippen molar-refractivity contribution in [2.45, 2.75) is 20.3 Å². The molecule has 1 aromatic rings. The fraction of sp³-hybridized carbons (Fsp3) is 0.417. The van der Waals surface area contributed by atoms with Crippen LogP contribution in [0.1, 0.15) is 17.5 Å². The summed E-state index contributed by atoms with van der Waals surface area (Å²) in [7, 11) is 1.62. The van der Waals surface area contributed by atoms with Gasteiger partial charge in [0.15, 0.2) is 0 Å². The molecule has 0 aliphatic carbocycles. The fourth-order valence-electron chi connectivity index (χ4n) is 1.34. The van der Waals surface area contributed by atoms with Crippen molar-refractivity contribution in [3.05, 3.63) is 29.3 Å². The average Bonchev–Trinajstić information content (AvgIpc) is 2.21. The lowest BCUT2D eigenvalue weighted by atomic mass is 10.1. The zero-order valence-electron chi connectivity index (χ0n) is 9.46. The third-order valence-electron chi connectivity index (χ3n) is 2.20. The van der Waals surface area contributed by atoms with Gasteiger partial charge < -0.3 is 10.1 Å². The van der Waals surface area contributed by atoms with Gasteiger partial charge in [0, 0.05) is 7.05 Å².